The first-order valence-corrected chi connectivity index (χ1v) is 9.90. The van der Waals surface area contributed by atoms with Crippen LogP contribution in [0.25, 0.3) is 11.3 Å². The topological polar surface area (TPSA) is 56.3 Å². The number of hydrogen-bond acceptors (Lipinski definition) is 7. The van der Waals surface area contributed by atoms with E-state index in [1.807, 2.05) is 12.1 Å². The van der Waals surface area contributed by atoms with Gasteiger partial charge in [-0.15, -0.1) is 11.8 Å². The number of hydrogen-bond donors (Lipinski definition) is 1. The van der Waals surface area contributed by atoms with Crippen molar-refractivity contribution in [3.05, 3.63) is 30.5 Å². The zero-order valence-electron chi connectivity index (χ0n) is 13.8. The maximum atomic E-state index is 5.44. The summed E-state index contributed by atoms with van der Waals surface area (Å²) in [5.74, 6) is 1.29. The van der Waals surface area contributed by atoms with Crippen LogP contribution < -0.4 is 10.1 Å². The standard InChI is InChI=1S/C17H21N3O2S2/c1-21-17-16(12-5-7-13(23-2)8-6-12)20-15(11-19-17)18-10-14-4-3-9-22-24-14/h5-8,11,14H,3-4,9-10H2,1-2H3,(H,18,20). The molecule has 128 valence electrons. The zero-order valence-corrected chi connectivity index (χ0v) is 15.5. The van der Waals surface area contributed by atoms with Crippen molar-refractivity contribution < 1.29 is 8.92 Å². The first kappa shape index (κ1) is 17.4. The molecule has 1 atom stereocenters. The minimum Gasteiger partial charge on any atom is -0.479 e. The molecular weight excluding hydrogens is 342 g/mol. The number of thioether (sulfide) groups is 1. The summed E-state index contributed by atoms with van der Waals surface area (Å²) in [7, 11) is 1.62. The van der Waals surface area contributed by atoms with Gasteiger partial charge in [-0.1, -0.05) is 12.1 Å². The lowest BCUT2D eigenvalue weighted by atomic mass is 10.1. The summed E-state index contributed by atoms with van der Waals surface area (Å²) in [6, 6.07) is 8.26. The third-order valence-corrected chi connectivity index (χ3v) is 5.49. The molecule has 2 aromatic rings. The monoisotopic (exact) mass is 363 g/mol. The van der Waals surface area contributed by atoms with Gasteiger partial charge in [-0.25, -0.2) is 9.97 Å². The minimum atomic E-state index is 0.451. The Morgan fingerprint density at radius 1 is 1.38 bits per heavy atom. The molecule has 24 heavy (non-hydrogen) atoms. The van der Waals surface area contributed by atoms with Gasteiger partial charge in [0.25, 0.3) is 0 Å². The number of rotatable bonds is 6. The number of nitrogens with zero attached hydrogens (tertiary/aromatic N) is 2. The highest BCUT2D eigenvalue weighted by Crippen LogP contribution is 2.29. The number of anilines is 1. The fourth-order valence-corrected chi connectivity index (χ4v) is 3.70. The Hall–Kier alpha value is -1.44. The molecule has 0 amide bonds. The van der Waals surface area contributed by atoms with E-state index in [-0.39, 0.29) is 0 Å². The minimum absolute atomic E-state index is 0.451. The second kappa shape index (κ2) is 8.60. The number of benzene rings is 1. The summed E-state index contributed by atoms with van der Waals surface area (Å²) in [6.07, 6.45) is 6.05. The Bertz CT molecular complexity index is 661. The summed E-state index contributed by atoms with van der Waals surface area (Å²) in [4.78, 5) is 10.3. The predicted octanol–water partition coefficient (Wildman–Crippen LogP) is 4.11. The molecule has 1 unspecified atom stereocenters. The Morgan fingerprint density at radius 2 is 2.21 bits per heavy atom. The molecule has 0 bridgehead atoms. The van der Waals surface area contributed by atoms with E-state index >= 15 is 0 Å². The largest absolute Gasteiger partial charge is 0.479 e. The first-order chi connectivity index (χ1) is 11.8. The molecule has 0 radical (unpaired) electrons. The molecule has 5 nitrogen and oxygen atoms in total. The van der Waals surface area contributed by atoms with E-state index in [2.05, 4.69) is 28.7 Å². The third kappa shape index (κ3) is 4.34. The van der Waals surface area contributed by atoms with E-state index in [9.17, 15) is 0 Å². The molecule has 7 heteroatoms. The molecule has 1 fully saturated rings. The van der Waals surface area contributed by atoms with Gasteiger partial charge in [-0.2, -0.15) is 0 Å². The van der Waals surface area contributed by atoms with Crippen LogP contribution in [0.5, 0.6) is 5.88 Å². The second-order valence-corrected chi connectivity index (χ2v) is 7.38. The average Bonchev–Trinajstić information content (AvgIpc) is 2.67. The van der Waals surface area contributed by atoms with Crippen molar-refractivity contribution in [3.8, 4) is 17.1 Å². The Balaban J connectivity index is 1.76. The Morgan fingerprint density at radius 3 is 2.88 bits per heavy atom. The molecule has 1 saturated heterocycles. The van der Waals surface area contributed by atoms with Crippen molar-refractivity contribution in [1.82, 2.24) is 9.97 Å². The van der Waals surface area contributed by atoms with Crippen LogP contribution in [0.3, 0.4) is 0 Å². The van der Waals surface area contributed by atoms with Gasteiger partial charge in [0, 0.05) is 22.3 Å². The maximum absolute atomic E-state index is 5.44. The van der Waals surface area contributed by atoms with Crippen molar-refractivity contribution in [1.29, 1.82) is 0 Å². The van der Waals surface area contributed by atoms with Crippen LogP contribution >= 0.6 is 23.8 Å². The number of methoxy groups -OCH3 is 1. The van der Waals surface area contributed by atoms with Gasteiger partial charge in [0.05, 0.1) is 19.9 Å². The van der Waals surface area contributed by atoms with Crippen LogP contribution in [-0.4, -0.2) is 41.7 Å². The normalized spacial score (nSPS) is 17.5. The summed E-state index contributed by atoms with van der Waals surface area (Å²) in [6.45, 7) is 1.66. The molecule has 3 rings (SSSR count). The first-order valence-electron chi connectivity index (χ1n) is 7.87. The van der Waals surface area contributed by atoms with Gasteiger partial charge in [-0.05, 0) is 43.3 Å². The lowest BCUT2D eigenvalue weighted by Crippen LogP contribution is -2.21. The molecule has 1 aromatic heterocycles. The van der Waals surface area contributed by atoms with Gasteiger partial charge in [0.1, 0.15) is 11.5 Å². The number of aromatic nitrogens is 2. The smallest absolute Gasteiger partial charge is 0.240 e. The second-order valence-electron chi connectivity index (χ2n) is 5.40. The summed E-state index contributed by atoms with van der Waals surface area (Å²) in [5, 5.41) is 3.82. The van der Waals surface area contributed by atoms with Gasteiger partial charge < -0.3 is 14.2 Å². The van der Waals surface area contributed by atoms with Crippen molar-refractivity contribution in [2.45, 2.75) is 23.0 Å². The molecule has 0 spiro atoms. The van der Waals surface area contributed by atoms with Crippen molar-refractivity contribution >= 4 is 29.6 Å². The summed E-state index contributed by atoms with van der Waals surface area (Å²) >= 11 is 3.27. The molecule has 1 aliphatic heterocycles. The van der Waals surface area contributed by atoms with E-state index < -0.39 is 0 Å². The zero-order chi connectivity index (χ0) is 16.8. The maximum Gasteiger partial charge on any atom is 0.240 e. The quantitative estimate of drug-likeness (QED) is 0.612. The predicted molar refractivity (Wildman–Crippen MR) is 101 cm³/mol. The van der Waals surface area contributed by atoms with E-state index in [4.69, 9.17) is 13.9 Å². The molecule has 0 aliphatic carbocycles. The van der Waals surface area contributed by atoms with Crippen LogP contribution in [0.2, 0.25) is 0 Å². The Kier molecular flexibility index (Phi) is 6.23. The number of ether oxygens (including phenoxy) is 1. The van der Waals surface area contributed by atoms with E-state index in [0.717, 1.165) is 43.1 Å². The fourth-order valence-electron chi connectivity index (χ4n) is 2.47. The van der Waals surface area contributed by atoms with Crippen LogP contribution in [0.4, 0.5) is 5.82 Å². The van der Waals surface area contributed by atoms with E-state index in [1.165, 1.54) is 4.90 Å². The van der Waals surface area contributed by atoms with Gasteiger partial charge in [0.2, 0.25) is 5.88 Å². The summed E-state index contributed by atoms with van der Waals surface area (Å²) < 4.78 is 10.8. The average molecular weight is 364 g/mol. The van der Waals surface area contributed by atoms with Gasteiger partial charge in [0.15, 0.2) is 0 Å². The Labute approximate surface area is 151 Å². The number of nitrogens with one attached hydrogen (secondary N) is 1. The molecule has 1 aliphatic rings. The SMILES string of the molecule is COc1ncc(NCC2CCCOS2)nc1-c1ccc(SC)cc1. The van der Waals surface area contributed by atoms with E-state index in [0.29, 0.717) is 11.1 Å². The van der Waals surface area contributed by atoms with Crippen molar-refractivity contribution in [2.24, 2.45) is 0 Å². The van der Waals surface area contributed by atoms with Crippen LogP contribution in [0.15, 0.2) is 35.4 Å². The van der Waals surface area contributed by atoms with Crippen LogP contribution in [0, 0.1) is 0 Å². The molecular formula is C17H21N3O2S2. The third-order valence-electron chi connectivity index (χ3n) is 3.76. The van der Waals surface area contributed by atoms with Crippen LogP contribution in [0.1, 0.15) is 12.8 Å². The van der Waals surface area contributed by atoms with E-state index in [1.54, 1.807) is 37.1 Å². The summed E-state index contributed by atoms with van der Waals surface area (Å²) in [5.41, 5.74) is 1.75. The molecule has 1 aromatic carbocycles. The van der Waals surface area contributed by atoms with Crippen molar-refractivity contribution in [2.75, 3.05) is 31.8 Å². The fraction of sp³-hybridized carbons (Fsp3) is 0.412. The van der Waals surface area contributed by atoms with Crippen LogP contribution in [-0.2, 0) is 4.18 Å². The lowest BCUT2D eigenvalue weighted by molar-refractivity contribution is 0.332. The molecule has 1 N–H and O–H groups in total. The highest BCUT2D eigenvalue weighted by Gasteiger charge is 2.16. The lowest BCUT2D eigenvalue weighted by Gasteiger charge is -2.21. The van der Waals surface area contributed by atoms with Crippen molar-refractivity contribution in [3.63, 3.8) is 0 Å². The van der Waals surface area contributed by atoms with Gasteiger partial charge in [-0.3, -0.25) is 0 Å². The highest BCUT2D eigenvalue weighted by atomic mass is 32.2. The molecule has 0 saturated carbocycles. The highest BCUT2D eigenvalue weighted by molar-refractivity contribution is 7.98. The van der Waals surface area contributed by atoms with Gasteiger partial charge >= 0.3 is 0 Å². The molecule has 2 heterocycles.